The Hall–Kier alpha value is -1.14. The lowest BCUT2D eigenvalue weighted by Gasteiger charge is -2.16. The van der Waals surface area contributed by atoms with E-state index in [4.69, 9.17) is 19.3 Å². The van der Waals surface area contributed by atoms with Gasteiger partial charge in [0, 0.05) is 26.1 Å². The minimum atomic E-state index is -0.736. The van der Waals surface area contributed by atoms with Crippen LogP contribution in [0.3, 0.4) is 0 Å². The van der Waals surface area contributed by atoms with Gasteiger partial charge in [0.2, 0.25) is 0 Å². The molecule has 0 radical (unpaired) electrons. The molecule has 0 spiro atoms. The average Bonchev–Trinajstić information content (AvgIpc) is 2.47. The zero-order valence-corrected chi connectivity index (χ0v) is 13.8. The van der Waals surface area contributed by atoms with Crippen molar-refractivity contribution in [3.8, 4) is 0 Å². The van der Waals surface area contributed by atoms with E-state index in [2.05, 4.69) is 0 Å². The maximum Gasteiger partial charge on any atom is 0.305 e. The highest BCUT2D eigenvalue weighted by molar-refractivity contribution is 5.69. The third-order valence-corrected chi connectivity index (χ3v) is 3.11. The third kappa shape index (κ3) is 13.8. The zero-order chi connectivity index (χ0) is 16.6. The van der Waals surface area contributed by atoms with Crippen LogP contribution in [-0.4, -0.2) is 43.2 Å². The lowest BCUT2D eigenvalue weighted by atomic mass is 10.1. The summed E-state index contributed by atoms with van der Waals surface area (Å²) < 4.78 is 15.7. The van der Waals surface area contributed by atoms with Gasteiger partial charge in [0.25, 0.3) is 0 Å². The van der Waals surface area contributed by atoms with E-state index in [9.17, 15) is 9.59 Å². The molecule has 0 aromatic rings. The molecule has 1 N–H and O–H groups in total. The predicted octanol–water partition coefficient (Wildman–Crippen LogP) is 3.13. The quantitative estimate of drug-likeness (QED) is 0.284. The van der Waals surface area contributed by atoms with Crippen molar-refractivity contribution in [3.05, 3.63) is 0 Å². The van der Waals surface area contributed by atoms with E-state index in [0.29, 0.717) is 19.6 Å². The number of aliphatic carboxylic acids is 1. The van der Waals surface area contributed by atoms with E-state index in [1.807, 2.05) is 13.8 Å². The van der Waals surface area contributed by atoms with Crippen LogP contribution in [0.1, 0.15) is 65.2 Å². The molecule has 0 saturated carbocycles. The molecule has 130 valence electrons. The van der Waals surface area contributed by atoms with Gasteiger partial charge in [-0.25, -0.2) is 0 Å². The molecule has 0 unspecified atom stereocenters. The molecule has 0 aromatic heterocycles. The van der Waals surface area contributed by atoms with Gasteiger partial charge in [-0.05, 0) is 26.7 Å². The Morgan fingerprint density at radius 2 is 1.36 bits per heavy atom. The molecule has 0 bridgehead atoms. The average molecular weight is 318 g/mol. The van der Waals surface area contributed by atoms with Gasteiger partial charge in [-0.3, -0.25) is 9.59 Å². The second kappa shape index (κ2) is 14.8. The van der Waals surface area contributed by atoms with Crippen molar-refractivity contribution in [1.29, 1.82) is 0 Å². The molecular weight excluding hydrogens is 288 g/mol. The van der Waals surface area contributed by atoms with Gasteiger partial charge < -0.3 is 19.3 Å². The number of rotatable bonds is 15. The van der Waals surface area contributed by atoms with Crippen molar-refractivity contribution in [1.82, 2.24) is 0 Å². The normalized spacial score (nSPS) is 10.9. The second-order valence-electron chi connectivity index (χ2n) is 5.04. The number of hydrogen-bond acceptors (Lipinski definition) is 5. The van der Waals surface area contributed by atoms with Crippen molar-refractivity contribution in [3.63, 3.8) is 0 Å². The number of esters is 1. The highest BCUT2D eigenvalue weighted by atomic mass is 16.7. The molecule has 0 aliphatic carbocycles. The van der Waals surface area contributed by atoms with Crippen LogP contribution in [0.15, 0.2) is 0 Å². The number of unbranched alkanes of at least 4 members (excludes halogenated alkanes) is 5. The molecule has 0 aliphatic heterocycles. The maximum atomic E-state index is 11.6. The van der Waals surface area contributed by atoms with Crippen LogP contribution >= 0.6 is 0 Å². The van der Waals surface area contributed by atoms with E-state index in [-0.39, 0.29) is 19.0 Å². The van der Waals surface area contributed by atoms with Crippen molar-refractivity contribution in [2.75, 3.05) is 19.8 Å². The first kappa shape index (κ1) is 20.9. The SMILES string of the molecule is CCOC(COC(=O)CCCCCCCCC(=O)O)OCC. The fraction of sp³-hybridized carbons (Fsp3) is 0.875. The van der Waals surface area contributed by atoms with Crippen molar-refractivity contribution < 1.29 is 28.9 Å². The van der Waals surface area contributed by atoms with Crippen LogP contribution < -0.4 is 0 Å². The molecule has 0 fully saturated rings. The Kier molecular flexibility index (Phi) is 14.0. The number of carbonyl (C=O) groups is 2. The van der Waals surface area contributed by atoms with Gasteiger partial charge in [0.1, 0.15) is 6.61 Å². The molecule has 0 amide bonds. The number of carboxylic acid groups (broad SMARTS) is 1. The summed E-state index contributed by atoms with van der Waals surface area (Å²) in [6, 6.07) is 0. The number of ether oxygens (including phenoxy) is 3. The smallest absolute Gasteiger partial charge is 0.305 e. The van der Waals surface area contributed by atoms with Crippen LogP contribution in [0.4, 0.5) is 0 Å². The van der Waals surface area contributed by atoms with E-state index in [1.165, 1.54) is 0 Å². The lowest BCUT2D eigenvalue weighted by molar-refractivity contribution is -0.179. The van der Waals surface area contributed by atoms with Gasteiger partial charge in [0.05, 0.1) is 0 Å². The van der Waals surface area contributed by atoms with Crippen LogP contribution in [0.5, 0.6) is 0 Å². The third-order valence-electron chi connectivity index (χ3n) is 3.11. The zero-order valence-electron chi connectivity index (χ0n) is 13.8. The Morgan fingerprint density at radius 1 is 0.864 bits per heavy atom. The monoisotopic (exact) mass is 318 g/mol. The first-order chi connectivity index (χ1) is 10.6. The number of hydrogen-bond donors (Lipinski definition) is 1. The second-order valence-corrected chi connectivity index (χ2v) is 5.04. The van der Waals surface area contributed by atoms with Crippen molar-refractivity contribution in [2.45, 2.75) is 71.5 Å². The molecule has 0 atom stereocenters. The number of carbonyl (C=O) groups excluding carboxylic acids is 1. The van der Waals surface area contributed by atoms with Crippen molar-refractivity contribution >= 4 is 11.9 Å². The highest BCUT2D eigenvalue weighted by Gasteiger charge is 2.11. The Labute approximate surface area is 133 Å². The molecule has 0 saturated heterocycles. The summed E-state index contributed by atoms with van der Waals surface area (Å²) >= 11 is 0. The standard InChI is InChI=1S/C16H30O6/c1-3-20-16(21-4-2)13-22-15(19)12-10-8-6-5-7-9-11-14(17)18/h16H,3-13H2,1-2H3,(H,17,18). The first-order valence-corrected chi connectivity index (χ1v) is 8.20. The molecule has 0 heterocycles. The summed E-state index contributed by atoms with van der Waals surface area (Å²) in [5.74, 6) is -0.963. The summed E-state index contributed by atoms with van der Waals surface area (Å²) in [7, 11) is 0. The minimum Gasteiger partial charge on any atom is -0.481 e. The maximum absolute atomic E-state index is 11.6. The van der Waals surface area contributed by atoms with Crippen molar-refractivity contribution in [2.24, 2.45) is 0 Å². The fourth-order valence-electron chi connectivity index (χ4n) is 2.00. The Morgan fingerprint density at radius 3 is 1.86 bits per heavy atom. The van der Waals surface area contributed by atoms with Gasteiger partial charge in [-0.2, -0.15) is 0 Å². The highest BCUT2D eigenvalue weighted by Crippen LogP contribution is 2.09. The van der Waals surface area contributed by atoms with Gasteiger partial charge >= 0.3 is 11.9 Å². The molecule has 0 rings (SSSR count). The van der Waals surface area contributed by atoms with Gasteiger partial charge in [0.15, 0.2) is 6.29 Å². The van der Waals surface area contributed by atoms with Crippen LogP contribution in [0.25, 0.3) is 0 Å². The Balaban J connectivity index is 3.47. The molecule has 22 heavy (non-hydrogen) atoms. The Bertz CT molecular complexity index is 286. The molecule has 0 aliphatic rings. The topological polar surface area (TPSA) is 82.1 Å². The van der Waals surface area contributed by atoms with E-state index < -0.39 is 12.3 Å². The number of carboxylic acids is 1. The summed E-state index contributed by atoms with van der Waals surface area (Å²) in [5.41, 5.74) is 0. The summed E-state index contributed by atoms with van der Waals surface area (Å²) in [6.45, 7) is 4.90. The molecule has 6 heteroatoms. The van der Waals surface area contributed by atoms with Crippen LogP contribution in [-0.2, 0) is 23.8 Å². The van der Waals surface area contributed by atoms with E-state index >= 15 is 0 Å². The van der Waals surface area contributed by atoms with Gasteiger partial charge in [-0.1, -0.05) is 25.7 Å². The summed E-state index contributed by atoms with van der Waals surface area (Å²) in [5, 5.41) is 8.50. The lowest BCUT2D eigenvalue weighted by Crippen LogP contribution is -2.25. The van der Waals surface area contributed by atoms with Crippen LogP contribution in [0, 0.1) is 0 Å². The largest absolute Gasteiger partial charge is 0.481 e. The minimum absolute atomic E-state index is 0.135. The summed E-state index contributed by atoms with van der Waals surface area (Å²) in [4.78, 5) is 21.9. The van der Waals surface area contributed by atoms with Gasteiger partial charge in [-0.15, -0.1) is 0 Å². The first-order valence-electron chi connectivity index (χ1n) is 8.20. The molecule has 6 nitrogen and oxygen atoms in total. The van der Waals surface area contributed by atoms with E-state index in [1.54, 1.807) is 0 Å². The predicted molar refractivity (Wildman–Crippen MR) is 82.6 cm³/mol. The summed E-state index contributed by atoms with van der Waals surface area (Å²) in [6.07, 6.45) is 5.62. The van der Waals surface area contributed by atoms with Crippen LogP contribution in [0.2, 0.25) is 0 Å². The molecule has 0 aromatic carbocycles. The molecular formula is C16H30O6. The van der Waals surface area contributed by atoms with E-state index in [0.717, 1.165) is 38.5 Å². The fourth-order valence-corrected chi connectivity index (χ4v) is 2.00.